The summed E-state index contributed by atoms with van der Waals surface area (Å²) in [5, 5.41) is 10.6. The van der Waals surface area contributed by atoms with Crippen LogP contribution in [0.15, 0.2) is 65.2 Å². The van der Waals surface area contributed by atoms with E-state index in [2.05, 4.69) is 42.2 Å². The Morgan fingerprint density at radius 3 is 2.56 bits per heavy atom. The molecule has 0 aromatic heterocycles. The van der Waals surface area contributed by atoms with Gasteiger partial charge in [0.15, 0.2) is 0 Å². The molecule has 2 aliphatic rings. The molecule has 0 bridgehead atoms. The van der Waals surface area contributed by atoms with E-state index in [9.17, 15) is 10.1 Å². The minimum atomic E-state index is -0.141. The van der Waals surface area contributed by atoms with Crippen molar-refractivity contribution in [1.29, 1.82) is 5.26 Å². The van der Waals surface area contributed by atoms with Crippen LogP contribution in [0.1, 0.15) is 30.4 Å². The molecule has 27 heavy (non-hydrogen) atoms. The van der Waals surface area contributed by atoms with Crippen LogP contribution < -0.4 is 4.90 Å². The number of allylic oxidation sites excluding steroid dienone is 1. The summed E-state index contributed by atoms with van der Waals surface area (Å²) in [6, 6.07) is 20.8. The number of anilines is 1. The summed E-state index contributed by atoms with van der Waals surface area (Å²) < 4.78 is 0. The van der Waals surface area contributed by atoms with Crippen molar-refractivity contribution in [2.75, 3.05) is 17.4 Å². The molecule has 5 heteroatoms. The van der Waals surface area contributed by atoms with Gasteiger partial charge in [0.2, 0.25) is 5.91 Å². The van der Waals surface area contributed by atoms with Gasteiger partial charge >= 0.3 is 0 Å². The molecule has 136 valence electrons. The number of fused-ring (bicyclic) bond motifs is 1. The van der Waals surface area contributed by atoms with Crippen LogP contribution in [0.5, 0.6) is 0 Å². The van der Waals surface area contributed by atoms with E-state index in [1.165, 1.54) is 5.56 Å². The number of nitriles is 1. The summed E-state index contributed by atoms with van der Waals surface area (Å²) in [6.07, 6.45) is 1.36. The summed E-state index contributed by atoms with van der Waals surface area (Å²) in [6.45, 7) is 2.64. The maximum atomic E-state index is 12.9. The number of amides is 1. The monoisotopic (exact) mass is 375 g/mol. The van der Waals surface area contributed by atoms with Crippen LogP contribution >= 0.6 is 11.8 Å². The lowest BCUT2D eigenvalue weighted by atomic mass is 9.86. The molecule has 4 rings (SSSR count). The van der Waals surface area contributed by atoms with Gasteiger partial charge in [-0.2, -0.15) is 5.26 Å². The van der Waals surface area contributed by atoms with Crippen LogP contribution in [0, 0.1) is 11.3 Å². The van der Waals surface area contributed by atoms with E-state index in [4.69, 9.17) is 0 Å². The van der Waals surface area contributed by atoms with E-state index in [0.717, 1.165) is 28.6 Å². The average Bonchev–Trinajstić information content (AvgIpc) is 2.74. The first-order chi connectivity index (χ1) is 13.2. The van der Waals surface area contributed by atoms with Gasteiger partial charge in [-0.05, 0) is 29.7 Å². The number of benzene rings is 2. The minimum Gasteiger partial charge on any atom is -0.344 e. The molecule has 2 aromatic rings. The molecule has 0 saturated carbocycles. The second-order valence-electron chi connectivity index (χ2n) is 6.79. The standard InChI is InChI=1S/C22H21N3OS/c1-2-16-8-10-18(11-9-16)24-14-25-21(26)12-19(17-6-4-3-5-7-17)20(13-23)22(25)27-15-24/h3-11,19H,2,12,14-15H2,1H3/t19-/m1/s1. The highest BCUT2D eigenvalue weighted by molar-refractivity contribution is 8.03. The Morgan fingerprint density at radius 2 is 1.89 bits per heavy atom. The zero-order chi connectivity index (χ0) is 18.8. The molecule has 1 amide bonds. The third-order valence-electron chi connectivity index (χ3n) is 5.21. The lowest BCUT2D eigenvalue weighted by Crippen LogP contribution is -2.47. The van der Waals surface area contributed by atoms with E-state index >= 15 is 0 Å². The summed E-state index contributed by atoms with van der Waals surface area (Å²) in [5.41, 5.74) is 4.16. The summed E-state index contributed by atoms with van der Waals surface area (Å²) >= 11 is 1.58. The lowest BCUT2D eigenvalue weighted by Gasteiger charge is -2.42. The highest BCUT2D eigenvalue weighted by Crippen LogP contribution is 2.43. The van der Waals surface area contributed by atoms with Gasteiger partial charge in [-0.25, -0.2) is 0 Å². The predicted octanol–water partition coefficient (Wildman–Crippen LogP) is 4.47. The number of carbonyl (C=O) groups excluding carboxylic acids is 1. The molecule has 0 spiro atoms. The van der Waals surface area contributed by atoms with E-state index in [1.807, 2.05) is 30.3 Å². The Balaban J connectivity index is 1.63. The maximum Gasteiger partial charge on any atom is 0.229 e. The molecule has 4 nitrogen and oxygen atoms in total. The van der Waals surface area contributed by atoms with Gasteiger partial charge in [0, 0.05) is 18.0 Å². The molecule has 2 heterocycles. The smallest absolute Gasteiger partial charge is 0.229 e. The number of aryl methyl sites for hydroxylation is 1. The van der Waals surface area contributed by atoms with Gasteiger partial charge in [0.05, 0.1) is 29.2 Å². The maximum absolute atomic E-state index is 12.9. The number of hydrogen-bond donors (Lipinski definition) is 0. The zero-order valence-electron chi connectivity index (χ0n) is 15.3. The van der Waals surface area contributed by atoms with Crippen molar-refractivity contribution >= 4 is 23.4 Å². The fraction of sp³-hybridized carbons (Fsp3) is 0.273. The molecule has 0 radical (unpaired) electrons. The quantitative estimate of drug-likeness (QED) is 0.794. The number of nitrogens with zero attached hydrogens (tertiary/aromatic N) is 3. The minimum absolute atomic E-state index is 0.0835. The highest BCUT2D eigenvalue weighted by atomic mass is 32.2. The van der Waals surface area contributed by atoms with Crippen LogP contribution in [0.3, 0.4) is 0 Å². The largest absolute Gasteiger partial charge is 0.344 e. The van der Waals surface area contributed by atoms with Crippen molar-refractivity contribution in [2.45, 2.75) is 25.7 Å². The number of hydrogen-bond acceptors (Lipinski definition) is 4. The van der Waals surface area contributed by atoms with Gasteiger partial charge in [-0.1, -0.05) is 61.2 Å². The molecule has 0 N–H and O–H groups in total. The normalized spacial score (nSPS) is 19.7. The summed E-state index contributed by atoms with van der Waals surface area (Å²) in [7, 11) is 0. The SMILES string of the molecule is CCc1ccc(N2CSC3=C(C#N)[C@@H](c4ccccc4)CC(=O)N3C2)cc1. The van der Waals surface area contributed by atoms with Gasteiger partial charge in [-0.3, -0.25) is 9.69 Å². The molecule has 2 aliphatic heterocycles. The van der Waals surface area contributed by atoms with Crippen LogP contribution in [-0.2, 0) is 11.2 Å². The molecule has 2 aromatic carbocycles. The zero-order valence-corrected chi connectivity index (χ0v) is 16.1. The van der Waals surface area contributed by atoms with Crippen LogP contribution in [0.25, 0.3) is 0 Å². The van der Waals surface area contributed by atoms with E-state index < -0.39 is 0 Å². The van der Waals surface area contributed by atoms with Crippen LogP contribution in [0.4, 0.5) is 5.69 Å². The van der Waals surface area contributed by atoms with Gasteiger partial charge in [-0.15, -0.1) is 0 Å². The van der Waals surface area contributed by atoms with Crippen molar-refractivity contribution in [3.05, 3.63) is 76.3 Å². The Labute approximate surface area is 164 Å². The fourth-order valence-electron chi connectivity index (χ4n) is 3.64. The van der Waals surface area contributed by atoms with Crippen molar-refractivity contribution in [2.24, 2.45) is 0 Å². The molecule has 1 fully saturated rings. The molecule has 1 saturated heterocycles. The van der Waals surface area contributed by atoms with Gasteiger partial charge < -0.3 is 4.90 Å². The first-order valence-corrected chi connectivity index (χ1v) is 10.2. The molecule has 0 unspecified atom stereocenters. The second kappa shape index (κ2) is 7.50. The highest BCUT2D eigenvalue weighted by Gasteiger charge is 2.38. The molecule has 0 aliphatic carbocycles. The lowest BCUT2D eigenvalue weighted by molar-refractivity contribution is -0.129. The molecule has 1 atom stereocenters. The second-order valence-corrected chi connectivity index (χ2v) is 7.73. The fourth-order valence-corrected chi connectivity index (χ4v) is 4.81. The summed E-state index contributed by atoms with van der Waals surface area (Å²) in [5.74, 6) is 0.676. The van der Waals surface area contributed by atoms with E-state index in [-0.39, 0.29) is 11.8 Å². The first-order valence-electron chi connectivity index (χ1n) is 9.17. The van der Waals surface area contributed by atoms with Crippen LogP contribution in [0.2, 0.25) is 0 Å². The number of rotatable bonds is 3. The van der Waals surface area contributed by atoms with Crippen molar-refractivity contribution in [1.82, 2.24) is 4.90 Å². The Hall–Kier alpha value is -2.71. The van der Waals surface area contributed by atoms with Crippen molar-refractivity contribution < 1.29 is 4.79 Å². The summed E-state index contributed by atoms with van der Waals surface area (Å²) in [4.78, 5) is 16.9. The number of carbonyl (C=O) groups is 1. The van der Waals surface area contributed by atoms with Crippen molar-refractivity contribution in [3.63, 3.8) is 0 Å². The Kier molecular flexibility index (Phi) is 4.91. The van der Waals surface area contributed by atoms with E-state index in [1.54, 1.807) is 16.7 Å². The molecular formula is C22H21N3OS. The van der Waals surface area contributed by atoms with E-state index in [0.29, 0.717) is 18.7 Å². The average molecular weight is 375 g/mol. The number of thioether (sulfide) groups is 1. The van der Waals surface area contributed by atoms with Gasteiger partial charge in [0.25, 0.3) is 0 Å². The third-order valence-corrected chi connectivity index (χ3v) is 6.36. The topological polar surface area (TPSA) is 47.3 Å². The van der Waals surface area contributed by atoms with Gasteiger partial charge in [0.1, 0.15) is 0 Å². The molecular weight excluding hydrogens is 354 g/mol. The van der Waals surface area contributed by atoms with Crippen molar-refractivity contribution in [3.8, 4) is 6.07 Å². The first kappa shape index (κ1) is 17.7. The Bertz CT molecular complexity index is 915. The van der Waals surface area contributed by atoms with Crippen LogP contribution in [-0.4, -0.2) is 23.4 Å². The third kappa shape index (κ3) is 3.33. The predicted molar refractivity (Wildman–Crippen MR) is 109 cm³/mol. The Morgan fingerprint density at radius 1 is 1.15 bits per heavy atom.